The molecule has 1 N–H and O–H groups in total. The number of aliphatic carboxylic acids is 1. The summed E-state index contributed by atoms with van der Waals surface area (Å²) in [4.78, 5) is 27.9. The van der Waals surface area contributed by atoms with E-state index in [2.05, 4.69) is 4.98 Å². The van der Waals surface area contributed by atoms with Crippen molar-refractivity contribution in [3.63, 3.8) is 0 Å². The Morgan fingerprint density at radius 1 is 1.33 bits per heavy atom. The van der Waals surface area contributed by atoms with E-state index in [1.165, 1.54) is 0 Å². The van der Waals surface area contributed by atoms with Crippen molar-refractivity contribution in [3.05, 3.63) is 40.4 Å². The standard InChI is InChI=1S/C16H18N2O3/c19-15(20)7-3-6-14-17-13-5-2-1-4-12(13)16(21)18(14)10-11-8-9-11/h1-2,4-5,11H,3,6-10H2,(H,19,20). The summed E-state index contributed by atoms with van der Waals surface area (Å²) in [6.45, 7) is 0.707. The highest BCUT2D eigenvalue weighted by atomic mass is 16.4. The first-order valence-electron chi connectivity index (χ1n) is 7.35. The maximum Gasteiger partial charge on any atom is 0.303 e. The molecular formula is C16H18N2O3. The molecule has 0 bridgehead atoms. The van der Waals surface area contributed by atoms with E-state index in [1.54, 1.807) is 10.6 Å². The van der Waals surface area contributed by atoms with Crippen LogP contribution in [-0.2, 0) is 17.8 Å². The number of hydrogen-bond acceptors (Lipinski definition) is 3. The molecule has 5 heteroatoms. The largest absolute Gasteiger partial charge is 0.481 e. The molecule has 110 valence electrons. The van der Waals surface area contributed by atoms with Gasteiger partial charge < -0.3 is 5.11 Å². The first-order chi connectivity index (χ1) is 10.1. The average molecular weight is 286 g/mol. The van der Waals surface area contributed by atoms with E-state index in [-0.39, 0.29) is 12.0 Å². The Morgan fingerprint density at radius 2 is 2.10 bits per heavy atom. The van der Waals surface area contributed by atoms with Gasteiger partial charge in [-0.3, -0.25) is 14.2 Å². The second kappa shape index (κ2) is 5.68. The molecule has 1 fully saturated rings. The number of carbonyl (C=O) groups is 1. The Morgan fingerprint density at radius 3 is 2.81 bits per heavy atom. The lowest BCUT2D eigenvalue weighted by Crippen LogP contribution is -2.26. The first kappa shape index (κ1) is 13.8. The number of hydrogen-bond donors (Lipinski definition) is 1. The molecule has 21 heavy (non-hydrogen) atoms. The van der Waals surface area contributed by atoms with Gasteiger partial charge in [0, 0.05) is 19.4 Å². The van der Waals surface area contributed by atoms with E-state index in [1.807, 2.05) is 18.2 Å². The fraction of sp³-hybridized carbons (Fsp3) is 0.438. The van der Waals surface area contributed by atoms with Crippen LogP contribution in [0.25, 0.3) is 10.9 Å². The third-order valence-electron chi connectivity index (χ3n) is 3.87. The lowest BCUT2D eigenvalue weighted by molar-refractivity contribution is -0.137. The zero-order valence-corrected chi connectivity index (χ0v) is 11.8. The van der Waals surface area contributed by atoms with Crippen LogP contribution < -0.4 is 5.56 Å². The number of aromatic nitrogens is 2. The smallest absolute Gasteiger partial charge is 0.303 e. The van der Waals surface area contributed by atoms with Gasteiger partial charge >= 0.3 is 5.97 Å². The van der Waals surface area contributed by atoms with Crippen LogP contribution in [0.1, 0.15) is 31.5 Å². The number of nitrogens with zero attached hydrogens (tertiary/aromatic N) is 2. The molecular weight excluding hydrogens is 268 g/mol. The van der Waals surface area contributed by atoms with Crippen molar-refractivity contribution in [2.75, 3.05) is 0 Å². The molecule has 0 unspecified atom stereocenters. The van der Waals surface area contributed by atoms with Crippen LogP contribution in [-0.4, -0.2) is 20.6 Å². The molecule has 0 aliphatic heterocycles. The molecule has 1 saturated carbocycles. The predicted molar refractivity (Wildman–Crippen MR) is 79.3 cm³/mol. The van der Waals surface area contributed by atoms with Crippen molar-refractivity contribution in [3.8, 4) is 0 Å². The number of aryl methyl sites for hydroxylation is 1. The zero-order valence-electron chi connectivity index (χ0n) is 11.8. The Labute approximate surface area is 122 Å². The fourth-order valence-electron chi connectivity index (χ4n) is 2.55. The van der Waals surface area contributed by atoms with Crippen LogP contribution in [0.4, 0.5) is 0 Å². The van der Waals surface area contributed by atoms with Crippen molar-refractivity contribution in [1.82, 2.24) is 9.55 Å². The van der Waals surface area contributed by atoms with Crippen LogP contribution in [0.5, 0.6) is 0 Å². The molecule has 1 aromatic heterocycles. The molecule has 3 rings (SSSR count). The second-order valence-electron chi connectivity index (χ2n) is 5.65. The van der Waals surface area contributed by atoms with E-state index >= 15 is 0 Å². The van der Waals surface area contributed by atoms with Crippen LogP contribution in [0.2, 0.25) is 0 Å². The molecule has 0 radical (unpaired) electrons. The molecule has 1 aromatic carbocycles. The van der Waals surface area contributed by atoms with Crippen molar-refractivity contribution in [2.45, 2.75) is 38.6 Å². The quantitative estimate of drug-likeness (QED) is 0.883. The highest BCUT2D eigenvalue weighted by Gasteiger charge is 2.24. The van der Waals surface area contributed by atoms with Crippen LogP contribution in [0, 0.1) is 5.92 Å². The maximum atomic E-state index is 12.6. The molecule has 0 saturated heterocycles. The summed E-state index contributed by atoms with van der Waals surface area (Å²) < 4.78 is 1.75. The normalized spacial score (nSPS) is 14.5. The topological polar surface area (TPSA) is 72.2 Å². The highest BCUT2D eigenvalue weighted by Crippen LogP contribution is 2.30. The van der Waals surface area contributed by atoms with Gasteiger partial charge in [0.2, 0.25) is 0 Å². The lowest BCUT2D eigenvalue weighted by Gasteiger charge is -2.12. The van der Waals surface area contributed by atoms with E-state index in [9.17, 15) is 9.59 Å². The van der Waals surface area contributed by atoms with Crippen molar-refractivity contribution < 1.29 is 9.90 Å². The summed E-state index contributed by atoms with van der Waals surface area (Å²) in [7, 11) is 0. The number of para-hydroxylation sites is 1. The molecule has 5 nitrogen and oxygen atoms in total. The predicted octanol–water partition coefficient (Wildman–Crippen LogP) is 2.21. The van der Waals surface area contributed by atoms with Gasteiger partial charge in [-0.25, -0.2) is 4.98 Å². The SMILES string of the molecule is O=C(O)CCCc1nc2ccccc2c(=O)n1CC1CC1. The Balaban J connectivity index is 1.98. The average Bonchev–Trinajstić information content (AvgIpc) is 3.26. The number of rotatable bonds is 6. The third-order valence-corrected chi connectivity index (χ3v) is 3.87. The molecule has 1 aliphatic carbocycles. The molecule has 0 amide bonds. The van der Waals surface area contributed by atoms with Gasteiger partial charge in [0.25, 0.3) is 5.56 Å². The van der Waals surface area contributed by atoms with Crippen molar-refractivity contribution >= 4 is 16.9 Å². The van der Waals surface area contributed by atoms with Gasteiger partial charge in [-0.15, -0.1) is 0 Å². The van der Waals surface area contributed by atoms with Gasteiger partial charge in [0.05, 0.1) is 10.9 Å². The lowest BCUT2D eigenvalue weighted by atomic mass is 10.2. The number of carboxylic acid groups (broad SMARTS) is 1. The van der Waals surface area contributed by atoms with E-state index in [0.29, 0.717) is 42.0 Å². The van der Waals surface area contributed by atoms with Crippen LogP contribution in [0.15, 0.2) is 29.1 Å². The second-order valence-corrected chi connectivity index (χ2v) is 5.65. The van der Waals surface area contributed by atoms with E-state index in [0.717, 1.165) is 12.8 Å². The molecule has 0 atom stereocenters. The van der Waals surface area contributed by atoms with E-state index < -0.39 is 5.97 Å². The molecule has 0 spiro atoms. The maximum absolute atomic E-state index is 12.6. The van der Waals surface area contributed by atoms with Gasteiger partial charge in [0.15, 0.2) is 0 Å². The van der Waals surface area contributed by atoms with Gasteiger partial charge in [-0.05, 0) is 37.3 Å². The minimum atomic E-state index is -0.813. The summed E-state index contributed by atoms with van der Waals surface area (Å²) in [6.07, 6.45) is 3.46. The van der Waals surface area contributed by atoms with Crippen molar-refractivity contribution in [1.29, 1.82) is 0 Å². The summed E-state index contributed by atoms with van der Waals surface area (Å²) in [5.74, 6) is 0.475. The Kier molecular flexibility index (Phi) is 3.73. The van der Waals surface area contributed by atoms with Gasteiger partial charge in [0.1, 0.15) is 5.82 Å². The highest BCUT2D eigenvalue weighted by molar-refractivity contribution is 5.77. The minimum absolute atomic E-state index is 0.00201. The Hall–Kier alpha value is -2.17. The van der Waals surface area contributed by atoms with Gasteiger partial charge in [-0.1, -0.05) is 12.1 Å². The summed E-state index contributed by atoms with van der Waals surface area (Å²) in [5.41, 5.74) is 0.692. The molecule has 1 heterocycles. The monoisotopic (exact) mass is 286 g/mol. The fourth-order valence-corrected chi connectivity index (χ4v) is 2.55. The summed E-state index contributed by atoms with van der Waals surface area (Å²) in [5, 5.41) is 9.39. The third kappa shape index (κ3) is 3.12. The number of fused-ring (bicyclic) bond motifs is 1. The van der Waals surface area contributed by atoms with Crippen LogP contribution >= 0.6 is 0 Å². The zero-order chi connectivity index (χ0) is 14.8. The minimum Gasteiger partial charge on any atom is -0.481 e. The first-order valence-corrected chi connectivity index (χ1v) is 7.35. The van der Waals surface area contributed by atoms with E-state index in [4.69, 9.17) is 5.11 Å². The number of benzene rings is 1. The van der Waals surface area contributed by atoms with Gasteiger partial charge in [-0.2, -0.15) is 0 Å². The number of carboxylic acids is 1. The Bertz CT molecular complexity index is 732. The molecule has 1 aliphatic rings. The van der Waals surface area contributed by atoms with Crippen LogP contribution in [0.3, 0.4) is 0 Å². The summed E-state index contributed by atoms with van der Waals surface area (Å²) in [6, 6.07) is 7.34. The molecule has 2 aromatic rings. The summed E-state index contributed by atoms with van der Waals surface area (Å²) >= 11 is 0. The van der Waals surface area contributed by atoms with Crippen molar-refractivity contribution in [2.24, 2.45) is 5.92 Å².